The number of nitrogens with one attached hydrogen (secondary N) is 1. The third-order valence-electron chi connectivity index (χ3n) is 3.68. The summed E-state index contributed by atoms with van der Waals surface area (Å²) in [5.74, 6) is -0.913. The molecule has 0 aliphatic carbocycles. The maximum Gasteiger partial charge on any atom is 0.242 e. The number of halogens is 2. The molecule has 19 heavy (non-hydrogen) atoms. The Morgan fingerprint density at radius 1 is 1.47 bits per heavy atom. The van der Waals surface area contributed by atoms with E-state index in [1.165, 1.54) is 18.2 Å². The minimum atomic E-state index is -1.02. The Hall–Kier alpha value is -1.17. The number of nitrogens with two attached hydrogens (primary N) is 1. The molecule has 2 rings (SSSR count). The Kier molecular flexibility index (Phi) is 4.08. The molecular formula is C13H17ClFN3O. The van der Waals surface area contributed by atoms with E-state index in [4.69, 9.17) is 17.3 Å². The summed E-state index contributed by atoms with van der Waals surface area (Å²) < 4.78 is 13.2. The first-order valence-electron chi connectivity index (χ1n) is 6.17. The summed E-state index contributed by atoms with van der Waals surface area (Å²) in [7, 11) is 0. The first-order valence-corrected chi connectivity index (χ1v) is 6.55. The van der Waals surface area contributed by atoms with Crippen LogP contribution < -0.4 is 11.1 Å². The second-order valence-electron chi connectivity index (χ2n) is 4.80. The lowest BCUT2D eigenvalue weighted by Crippen LogP contribution is -2.58. The molecule has 1 aromatic carbocycles. The summed E-state index contributed by atoms with van der Waals surface area (Å²) in [4.78, 5) is 13.9. The predicted molar refractivity (Wildman–Crippen MR) is 72.4 cm³/mol. The van der Waals surface area contributed by atoms with Gasteiger partial charge in [0.1, 0.15) is 11.4 Å². The van der Waals surface area contributed by atoms with Crippen molar-refractivity contribution >= 4 is 17.5 Å². The van der Waals surface area contributed by atoms with E-state index >= 15 is 0 Å². The molecule has 1 aromatic rings. The van der Waals surface area contributed by atoms with Crippen molar-refractivity contribution in [1.82, 2.24) is 10.2 Å². The summed E-state index contributed by atoms with van der Waals surface area (Å²) in [5, 5.41) is 3.44. The van der Waals surface area contributed by atoms with E-state index in [0.29, 0.717) is 18.7 Å². The van der Waals surface area contributed by atoms with E-state index in [1.807, 2.05) is 4.90 Å². The molecule has 6 heteroatoms. The van der Waals surface area contributed by atoms with Crippen LogP contribution in [0.15, 0.2) is 18.2 Å². The fourth-order valence-corrected chi connectivity index (χ4v) is 2.81. The van der Waals surface area contributed by atoms with Gasteiger partial charge in [0.2, 0.25) is 5.91 Å². The first kappa shape index (κ1) is 14.2. The third kappa shape index (κ3) is 2.59. The van der Waals surface area contributed by atoms with Gasteiger partial charge >= 0.3 is 0 Å². The molecule has 0 radical (unpaired) electrons. The van der Waals surface area contributed by atoms with Crippen molar-refractivity contribution in [2.45, 2.75) is 12.5 Å². The predicted octanol–water partition coefficient (Wildman–Crippen LogP) is 1.08. The van der Waals surface area contributed by atoms with Crippen molar-refractivity contribution in [1.29, 1.82) is 0 Å². The van der Waals surface area contributed by atoms with Crippen LogP contribution in [-0.2, 0) is 10.3 Å². The highest BCUT2D eigenvalue weighted by Gasteiger charge is 2.41. The Labute approximate surface area is 116 Å². The van der Waals surface area contributed by atoms with Crippen LogP contribution in [0, 0.1) is 5.82 Å². The van der Waals surface area contributed by atoms with Crippen LogP contribution in [0.3, 0.4) is 0 Å². The van der Waals surface area contributed by atoms with E-state index in [1.54, 1.807) is 6.92 Å². The molecule has 0 aromatic heterocycles. The molecule has 0 bridgehead atoms. The van der Waals surface area contributed by atoms with Crippen molar-refractivity contribution in [2.24, 2.45) is 5.73 Å². The van der Waals surface area contributed by atoms with E-state index in [0.717, 1.165) is 13.1 Å². The van der Waals surface area contributed by atoms with Gasteiger partial charge in [-0.25, -0.2) is 4.39 Å². The highest BCUT2D eigenvalue weighted by molar-refractivity contribution is 6.31. The number of hydrogen-bond acceptors (Lipinski definition) is 3. The number of carbonyl (C=O) groups is 1. The van der Waals surface area contributed by atoms with E-state index in [9.17, 15) is 9.18 Å². The topological polar surface area (TPSA) is 58.4 Å². The summed E-state index contributed by atoms with van der Waals surface area (Å²) in [6.45, 7) is 4.67. The average Bonchev–Trinajstić information content (AvgIpc) is 2.38. The van der Waals surface area contributed by atoms with Gasteiger partial charge in [-0.1, -0.05) is 17.7 Å². The van der Waals surface area contributed by atoms with Crippen molar-refractivity contribution in [3.05, 3.63) is 34.6 Å². The molecule has 1 unspecified atom stereocenters. The van der Waals surface area contributed by atoms with Crippen LogP contribution in [0.2, 0.25) is 5.02 Å². The van der Waals surface area contributed by atoms with Gasteiger partial charge < -0.3 is 11.1 Å². The molecule has 104 valence electrons. The number of nitrogens with zero attached hydrogens (tertiary/aromatic N) is 1. The zero-order valence-electron chi connectivity index (χ0n) is 10.7. The van der Waals surface area contributed by atoms with Crippen molar-refractivity contribution in [2.75, 3.05) is 26.2 Å². The average molecular weight is 286 g/mol. The Balaban J connectivity index is 2.46. The fourth-order valence-electron chi connectivity index (χ4n) is 2.46. The van der Waals surface area contributed by atoms with Crippen molar-refractivity contribution in [3.63, 3.8) is 0 Å². The number of benzene rings is 1. The van der Waals surface area contributed by atoms with Gasteiger partial charge in [0.05, 0.1) is 0 Å². The zero-order valence-corrected chi connectivity index (χ0v) is 11.5. The minimum Gasteiger partial charge on any atom is -0.368 e. The quantitative estimate of drug-likeness (QED) is 0.874. The lowest BCUT2D eigenvalue weighted by Gasteiger charge is -2.42. The lowest BCUT2D eigenvalue weighted by molar-refractivity contribution is -0.130. The number of hydrogen-bond donors (Lipinski definition) is 2. The summed E-state index contributed by atoms with van der Waals surface area (Å²) in [6.07, 6.45) is 0. The molecule has 1 aliphatic heterocycles. The maximum absolute atomic E-state index is 13.2. The molecule has 1 fully saturated rings. The van der Waals surface area contributed by atoms with Gasteiger partial charge in [-0.2, -0.15) is 0 Å². The number of amides is 1. The summed E-state index contributed by atoms with van der Waals surface area (Å²) in [6, 6.07) is 4.04. The van der Waals surface area contributed by atoms with Gasteiger partial charge in [-0.3, -0.25) is 9.69 Å². The van der Waals surface area contributed by atoms with E-state index in [2.05, 4.69) is 5.32 Å². The molecule has 4 nitrogen and oxygen atoms in total. The van der Waals surface area contributed by atoms with Crippen LogP contribution in [0.4, 0.5) is 4.39 Å². The molecular weight excluding hydrogens is 269 g/mol. The second-order valence-corrected chi connectivity index (χ2v) is 5.20. The van der Waals surface area contributed by atoms with Crippen LogP contribution in [0.1, 0.15) is 12.5 Å². The minimum absolute atomic E-state index is 0.222. The fraction of sp³-hybridized carbons (Fsp3) is 0.462. The summed E-state index contributed by atoms with van der Waals surface area (Å²) in [5.41, 5.74) is 5.11. The molecule has 1 saturated heterocycles. The monoisotopic (exact) mass is 285 g/mol. The van der Waals surface area contributed by atoms with E-state index < -0.39 is 17.3 Å². The molecule has 1 atom stereocenters. The van der Waals surface area contributed by atoms with Crippen LogP contribution >= 0.6 is 11.6 Å². The molecule has 0 saturated carbocycles. The molecule has 0 spiro atoms. The smallest absolute Gasteiger partial charge is 0.242 e. The summed E-state index contributed by atoms with van der Waals surface area (Å²) >= 11 is 6.09. The van der Waals surface area contributed by atoms with Gasteiger partial charge in [0.15, 0.2) is 0 Å². The van der Waals surface area contributed by atoms with Crippen molar-refractivity contribution < 1.29 is 9.18 Å². The highest BCUT2D eigenvalue weighted by Crippen LogP contribution is 2.34. The number of carbonyl (C=O) groups excluding carboxylic acids is 1. The van der Waals surface area contributed by atoms with Crippen LogP contribution in [0.25, 0.3) is 0 Å². The van der Waals surface area contributed by atoms with Gasteiger partial charge in [0, 0.05) is 36.8 Å². The van der Waals surface area contributed by atoms with Gasteiger partial charge in [-0.15, -0.1) is 0 Å². The lowest BCUT2D eigenvalue weighted by atomic mass is 9.88. The van der Waals surface area contributed by atoms with Gasteiger partial charge in [0.25, 0.3) is 0 Å². The molecule has 1 amide bonds. The molecule has 3 N–H and O–H groups in total. The number of piperazine rings is 1. The standard InChI is InChI=1S/C13H17ClFN3O/c1-13(12(16)19,18-6-4-17-5-7-18)10-3-2-9(15)8-11(10)14/h2-3,8,17H,4-7H2,1H3,(H2,16,19). The third-order valence-corrected chi connectivity index (χ3v) is 4.00. The maximum atomic E-state index is 13.2. The molecule has 1 aliphatic rings. The normalized spacial score (nSPS) is 19.9. The molecule has 1 heterocycles. The SMILES string of the molecule is CC(C(N)=O)(c1ccc(F)cc1Cl)N1CCNCC1. The van der Waals surface area contributed by atoms with Crippen LogP contribution in [0.5, 0.6) is 0 Å². The number of rotatable bonds is 3. The van der Waals surface area contributed by atoms with Crippen LogP contribution in [-0.4, -0.2) is 37.0 Å². The Bertz CT molecular complexity index is 491. The zero-order chi connectivity index (χ0) is 14.0. The number of primary amides is 1. The second kappa shape index (κ2) is 5.45. The van der Waals surface area contributed by atoms with Crippen molar-refractivity contribution in [3.8, 4) is 0 Å². The first-order chi connectivity index (χ1) is 8.96. The van der Waals surface area contributed by atoms with Gasteiger partial charge in [-0.05, 0) is 19.1 Å². The largest absolute Gasteiger partial charge is 0.368 e. The highest BCUT2D eigenvalue weighted by atomic mass is 35.5. The Morgan fingerprint density at radius 3 is 2.63 bits per heavy atom. The van der Waals surface area contributed by atoms with E-state index in [-0.39, 0.29) is 5.02 Å². The Morgan fingerprint density at radius 2 is 2.11 bits per heavy atom.